The van der Waals surface area contributed by atoms with Gasteiger partial charge in [-0.25, -0.2) is 32.3 Å². The standard InChI is InChI=1S/C25H24F3N5O2S2/c1-25(2,3)23-32-21(22(36-23)18-9-10-29-24(31-18)30-11-12-34)15-5-4-6-17(20(15)28)33-37(35)19-13-14(26)7-8-16(19)27/h4-10,13,33-34H,11-12H2,1-3H3,(H,29,30,31). The molecule has 7 nitrogen and oxygen atoms in total. The first kappa shape index (κ1) is 26.7. The molecule has 0 spiro atoms. The van der Waals surface area contributed by atoms with Crippen molar-refractivity contribution in [3.05, 3.63) is 71.1 Å². The van der Waals surface area contributed by atoms with Crippen LogP contribution in [0.3, 0.4) is 0 Å². The van der Waals surface area contributed by atoms with Crippen LogP contribution in [0.2, 0.25) is 0 Å². The number of aromatic nitrogens is 3. The molecule has 1 atom stereocenters. The Balaban J connectivity index is 1.78. The van der Waals surface area contributed by atoms with Crippen molar-refractivity contribution in [3.8, 4) is 21.8 Å². The Hall–Kier alpha value is -3.35. The largest absolute Gasteiger partial charge is 0.395 e. The lowest BCUT2D eigenvalue weighted by molar-refractivity contribution is 0.311. The molecular weight excluding hydrogens is 523 g/mol. The van der Waals surface area contributed by atoms with Crippen molar-refractivity contribution in [3.63, 3.8) is 0 Å². The summed E-state index contributed by atoms with van der Waals surface area (Å²) in [6.07, 6.45) is 1.55. The summed E-state index contributed by atoms with van der Waals surface area (Å²) in [5.41, 5.74) is 0.439. The number of rotatable bonds is 8. The number of benzene rings is 2. The first-order chi connectivity index (χ1) is 17.6. The number of hydrogen-bond acceptors (Lipinski definition) is 7. The van der Waals surface area contributed by atoms with Gasteiger partial charge in [-0.2, -0.15) is 0 Å². The minimum atomic E-state index is -2.26. The summed E-state index contributed by atoms with van der Waals surface area (Å²) in [6.45, 7) is 6.12. The highest BCUT2D eigenvalue weighted by atomic mass is 32.2. The monoisotopic (exact) mass is 547 g/mol. The molecular formula is C25H24F3N5O2S2. The number of nitrogens with zero attached hydrogens (tertiary/aromatic N) is 3. The Bertz CT molecular complexity index is 1460. The molecule has 0 aliphatic carbocycles. The lowest BCUT2D eigenvalue weighted by atomic mass is 9.98. The summed E-state index contributed by atoms with van der Waals surface area (Å²) in [6, 6.07) is 8.68. The molecule has 3 N–H and O–H groups in total. The number of hydrogen-bond donors (Lipinski definition) is 3. The van der Waals surface area contributed by atoms with E-state index in [9.17, 15) is 13.0 Å². The number of aliphatic hydroxyl groups is 1. The minimum absolute atomic E-state index is 0.0978. The zero-order valence-corrected chi connectivity index (χ0v) is 21.8. The maximum atomic E-state index is 15.8. The molecule has 0 saturated carbocycles. The maximum Gasteiger partial charge on any atom is 0.223 e. The third-order valence-electron chi connectivity index (χ3n) is 5.10. The third kappa shape index (κ3) is 5.97. The van der Waals surface area contributed by atoms with Gasteiger partial charge in [-0.15, -0.1) is 11.3 Å². The number of nitrogens with one attached hydrogen (secondary N) is 2. The summed E-state index contributed by atoms with van der Waals surface area (Å²) in [5, 5.41) is 12.7. The molecule has 37 heavy (non-hydrogen) atoms. The highest BCUT2D eigenvalue weighted by molar-refractivity contribution is 7.86. The quantitative estimate of drug-likeness (QED) is 0.269. The van der Waals surface area contributed by atoms with E-state index < -0.39 is 33.3 Å². The molecule has 0 amide bonds. The maximum absolute atomic E-state index is 15.8. The van der Waals surface area contributed by atoms with Crippen molar-refractivity contribution in [2.75, 3.05) is 23.2 Å². The van der Waals surface area contributed by atoms with E-state index in [1.165, 1.54) is 23.5 Å². The van der Waals surface area contributed by atoms with Crippen LogP contribution in [0.4, 0.5) is 24.8 Å². The van der Waals surface area contributed by atoms with E-state index >= 15 is 4.39 Å². The van der Waals surface area contributed by atoms with Crippen molar-refractivity contribution < 1.29 is 22.5 Å². The van der Waals surface area contributed by atoms with Crippen LogP contribution in [0.25, 0.3) is 21.8 Å². The minimum Gasteiger partial charge on any atom is -0.395 e. The van der Waals surface area contributed by atoms with Gasteiger partial charge in [-0.3, -0.25) is 4.72 Å². The molecule has 12 heteroatoms. The topological polar surface area (TPSA) is 100 Å². The zero-order valence-electron chi connectivity index (χ0n) is 20.2. The lowest BCUT2D eigenvalue weighted by Crippen LogP contribution is -2.10. The van der Waals surface area contributed by atoms with Crippen LogP contribution >= 0.6 is 11.3 Å². The normalized spacial score (nSPS) is 12.4. The van der Waals surface area contributed by atoms with Gasteiger partial charge in [0.2, 0.25) is 5.95 Å². The fraction of sp³-hybridized carbons (Fsp3) is 0.240. The van der Waals surface area contributed by atoms with Crippen LogP contribution in [-0.4, -0.2) is 37.4 Å². The molecule has 4 rings (SSSR count). The average molecular weight is 548 g/mol. The van der Waals surface area contributed by atoms with E-state index in [-0.39, 0.29) is 29.8 Å². The van der Waals surface area contributed by atoms with Crippen LogP contribution in [-0.2, 0) is 16.4 Å². The first-order valence-corrected chi connectivity index (χ1v) is 13.2. The second-order valence-electron chi connectivity index (χ2n) is 8.98. The second kappa shape index (κ2) is 11.0. The fourth-order valence-electron chi connectivity index (χ4n) is 3.30. The van der Waals surface area contributed by atoms with Crippen molar-refractivity contribution in [2.45, 2.75) is 31.1 Å². The molecule has 0 radical (unpaired) electrons. The predicted molar refractivity (Wildman–Crippen MR) is 139 cm³/mol. The molecule has 2 heterocycles. The van der Waals surface area contributed by atoms with E-state index in [0.29, 0.717) is 22.2 Å². The Kier molecular flexibility index (Phi) is 7.90. The van der Waals surface area contributed by atoms with Gasteiger partial charge < -0.3 is 10.4 Å². The molecule has 194 valence electrons. The molecule has 0 bridgehead atoms. The average Bonchev–Trinajstić information content (AvgIpc) is 3.31. The molecule has 2 aromatic heterocycles. The number of thiazole rings is 1. The smallest absolute Gasteiger partial charge is 0.223 e. The van der Waals surface area contributed by atoms with Gasteiger partial charge in [0.15, 0.2) is 16.8 Å². The number of halogens is 3. The molecule has 4 aromatic rings. The van der Waals surface area contributed by atoms with Crippen molar-refractivity contribution in [1.29, 1.82) is 0 Å². The summed E-state index contributed by atoms with van der Waals surface area (Å²) >= 11 is 1.36. The Morgan fingerprint density at radius 1 is 1.08 bits per heavy atom. The Morgan fingerprint density at radius 3 is 2.59 bits per heavy atom. The van der Waals surface area contributed by atoms with Gasteiger partial charge in [0.1, 0.15) is 11.6 Å². The van der Waals surface area contributed by atoms with Crippen LogP contribution in [0.15, 0.2) is 53.6 Å². The van der Waals surface area contributed by atoms with Crippen molar-refractivity contribution in [1.82, 2.24) is 15.0 Å². The third-order valence-corrected chi connectivity index (χ3v) is 7.72. The summed E-state index contributed by atoms with van der Waals surface area (Å²) in [7, 11) is -2.26. The SMILES string of the molecule is CC(C)(C)c1nc(-c2cccc(NS(=O)c3cc(F)ccc3F)c2F)c(-c2ccnc(NCCO)n2)s1. The van der Waals surface area contributed by atoms with Crippen LogP contribution in [0.5, 0.6) is 0 Å². The highest BCUT2D eigenvalue weighted by Crippen LogP contribution is 2.42. The number of anilines is 2. The van der Waals surface area contributed by atoms with Gasteiger partial charge in [0.05, 0.1) is 38.5 Å². The first-order valence-electron chi connectivity index (χ1n) is 11.2. The van der Waals surface area contributed by atoms with E-state index in [4.69, 9.17) is 10.1 Å². The summed E-state index contributed by atoms with van der Waals surface area (Å²) in [5.74, 6) is -2.10. The predicted octanol–water partition coefficient (Wildman–Crippen LogP) is 5.52. The van der Waals surface area contributed by atoms with Gasteiger partial charge >= 0.3 is 0 Å². The van der Waals surface area contributed by atoms with E-state index in [2.05, 4.69) is 20.0 Å². The second-order valence-corrected chi connectivity index (χ2v) is 11.2. The molecule has 0 saturated heterocycles. The van der Waals surface area contributed by atoms with Crippen LogP contribution in [0, 0.1) is 17.5 Å². The lowest BCUT2D eigenvalue weighted by Gasteiger charge is -2.13. The molecule has 0 fully saturated rings. The molecule has 2 aromatic carbocycles. The molecule has 1 unspecified atom stereocenters. The fourth-order valence-corrected chi connectivity index (χ4v) is 5.34. The molecule has 0 aliphatic heterocycles. The van der Waals surface area contributed by atoms with E-state index in [1.807, 2.05) is 20.8 Å². The summed E-state index contributed by atoms with van der Waals surface area (Å²) < 4.78 is 58.6. The van der Waals surface area contributed by atoms with Gasteiger partial charge in [0, 0.05) is 23.7 Å². The zero-order chi connectivity index (χ0) is 26.7. The van der Waals surface area contributed by atoms with Gasteiger partial charge in [0.25, 0.3) is 0 Å². The number of aliphatic hydroxyl groups excluding tert-OH is 1. The highest BCUT2D eigenvalue weighted by Gasteiger charge is 2.26. The molecule has 0 aliphatic rings. The van der Waals surface area contributed by atoms with Gasteiger partial charge in [-0.05, 0) is 36.4 Å². The van der Waals surface area contributed by atoms with Crippen molar-refractivity contribution in [2.24, 2.45) is 0 Å². The van der Waals surface area contributed by atoms with E-state index in [1.54, 1.807) is 18.3 Å². The van der Waals surface area contributed by atoms with E-state index in [0.717, 1.165) is 23.2 Å². The van der Waals surface area contributed by atoms with Crippen molar-refractivity contribution >= 4 is 34.0 Å². The van der Waals surface area contributed by atoms with Crippen LogP contribution < -0.4 is 10.0 Å². The Labute approximate surface area is 218 Å². The Morgan fingerprint density at radius 2 is 1.86 bits per heavy atom. The summed E-state index contributed by atoms with van der Waals surface area (Å²) in [4.78, 5) is 13.5. The van der Waals surface area contributed by atoms with Gasteiger partial charge in [-0.1, -0.05) is 26.8 Å². The van der Waals surface area contributed by atoms with Crippen LogP contribution in [0.1, 0.15) is 25.8 Å².